The Bertz CT molecular complexity index is 1220. The second-order valence-electron chi connectivity index (χ2n) is 8.05. The lowest BCUT2D eigenvalue weighted by atomic mass is 9.95. The highest BCUT2D eigenvalue weighted by Crippen LogP contribution is 2.28. The first-order valence-corrected chi connectivity index (χ1v) is 12.5. The summed E-state index contributed by atoms with van der Waals surface area (Å²) in [6.07, 6.45) is -0.171. The summed E-state index contributed by atoms with van der Waals surface area (Å²) in [5.74, 6) is 0.0967. The summed E-state index contributed by atoms with van der Waals surface area (Å²) >= 11 is 0. The third-order valence-electron chi connectivity index (χ3n) is 5.37. The van der Waals surface area contributed by atoms with Gasteiger partial charge in [-0.3, -0.25) is 4.79 Å². The van der Waals surface area contributed by atoms with E-state index in [0.717, 1.165) is 11.1 Å². The number of hydrogen-bond acceptors (Lipinski definition) is 5. The lowest BCUT2D eigenvalue weighted by Crippen LogP contribution is -2.35. The predicted octanol–water partition coefficient (Wildman–Crippen LogP) is 4.34. The average Bonchev–Trinajstić information content (AvgIpc) is 2.77. The Kier molecular flexibility index (Phi) is 8.44. The van der Waals surface area contributed by atoms with Crippen molar-refractivity contribution in [3.63, 3.8) is 0 Å². The predicted molar refractivity (Wildman–Crippen MR) is 132 cm³/mol. The molecule has 0 heterocycles. The van der Waals surface area contributed by atoms with Crippen LogP contribution < -0.4 is 14.6 Å². The van der Waals surface area contributed by atoms with Crippen molar-refractivity contribution in [1.82, 2.24) is 4.72 Å². The molecule has 0 aromatic heterocycles. The fourth-order valence-corrected chi connectivity index (χ4v) is 4.48. The molecule has 0 spiro atoms. The van der Waals surface area contributed by atoms with Crippen LogP contribution in [0.5, 0.6) is 5.75 Å². The van der Waals surface area contributed by atoms with Gasteiger partial charge in [0.15, 0.2) is 0 Å². The van der Waals surface area contributed by atoms with Crippen LogP contribution in [0.4, 0.5) is 0 Å². The Balaban J connectivity index is 1.71. The zero-order chi connectivity index (χ0) is 24.7. The highest BCUT2D eigenvalue weighted by molar-refractivity contribution is 7.87. The molecule has 3 rings (SSSR count). The van der Waals surface area contributed by atoms with E-state index in [0.29, 0.717) is 17.9 Å². The van der Waals surface area contributed by atoms with Crippen LogP contribution >= 0.6 is 0 Å². The maximum atomic E-state index is 11.9. The molecule has 0 saturated carbocycles. The lowest BCUT2D eigenvalue weighted by molar-refractivity contribution is -0.143. The van der Waals surface area contributed by atoms with Gasteiger partial charge in [0.05, 0.1) is 19.1 Å². The number of esters is 1. The Morgan fingerprint density at radius 1 is 1.00 bits per heavy atom. The minimum absolute atomic E-state index is 0.171. The van der Waals surface area contributed by atoms with Gasteiger partial charge in [-0.2, -0.15) is 13.1 Å². The van der Waals surface area contributed by atoms with Crippen LogP contribution in [-0.4, -0.2) is 21.0 Å². The monoisotopic (exact) mass is 482 g/mol. The summed E-state index contributed by atoms with van der Waals surface area (Å²) in [4.78, 5) is 11.9. The molecule has 8 heteroatoms. The molecule has 0 aliphatic carbocycles. The Hall–Kier alpha value is -3.20. The maximum Gasteiger partial charge on any atom is 0.307 e. The average molecular weight is 483 g/mol. The van der Waals surface area contributed by atoms with E-state index in [2.05, 4.69) is 48.9 Å². The zero-order valence-corrected chi connectivity index (χ0v) is 20.4. The van der Waals surface area contributed by atoms with Crippen LogP contribution in [-0.2, 0) is 26.3 Å². The SMILES string of the molecule is CCOC(=O)CC(NS(N)(=O)=O)c1ccc(OCc2cccc(-c3c(C)cccc3C)c2)cc1. The summed E-state index contributed by atoms with van der Waals surface area (Å²) in [5, 5.41) is 5.12. The molecule has 34 heavy (non-hydrogen) atoms. The molecule has 0 amide bonds. The Morgan fingerprint density at radius 3 is 2.26 bits per heavy atom. The highest BCUT2D eigenvalue weighted by Gasteiger charge is 2.21. The number of benzene rings is 3. The van der Waals surface area contributed by atoms with E-state index in [-0.39, 0.29) is 13.0 Å². The fourth-order valence-electron chi connectivity index (χ4n) is 3.86. The first-order valence-electron chi connectivity index (χ1n) is 11.0. The van der Waals surface area contributed by atoms with E-state index in [1.807, 2.05) is 12.1 Å². The van der Waals surface area contributed by atoms with Crippen molar-refractivity contribution in [2.24, 2.45) is 5.14 Å². The first-order chi connectivity index (χ1) is 16.2. The second-order valence-corrected chi connectivity index (χ2v) is 9.38. The third-order valence-corrected chi connectivity index (χ3v) is 5.98. The normalized spacial score (nSPS) is 12.2. The van der Waals surface area contributed by atoms with E-state index < -0.39 is 22.2 Å². The molecular weight excluding hydrogens is 452 g/mol. The molecule has 0 fully saturated rings. The number of carbonyl (C=O) groups is 1. The smallest absolute Gasteiger partial charge is 0.307 e. The van der Waals surface area contributed by atoms with Gasteiger partial charge in [-0.25, -0.2) is 5.14 Å². The standard InChI is InChI=1S/C26H30N2O5S/c1-4-32-25(29)16-24(28-34(27,30)31)21-11-13-23(14-12-21)33-17-20-9-6-10-22(15-20)26-18(2)7-5-8-19(26)3/h5-15,24,28H,4,16-17H2,1-3H3,(H2,27,30,31). The van der Waals surface area contributed by atoms with Crippen molar-refractivity contribution in [3.8, 4) is 16.9 Å². The highest BCUT2D eigenvalue weighted by atomic mass is 32.2. The molecule has 1 atom stereocenters. The molecule has 1 unspecified atom stereocenters. The number of carbonyl (C=O) groups excluding carboxylic acids is 1. The van der Waals surface area contributed by atoms with Gasteiger partial charge in [0.2, 0.25) is 0 Å². The minimum atomic E-state index is -4.01. The summed E-state index contributed by atoms with van der Waals surface area (Å²) in [5.41, 5.74) is 6.41. The van der Waals surface area contributed by atoms with E-state index in [1.165, 1.54) is 16.7 Å². The van der Waals surface area contributed by atoms with Crippen LogP contribution in [0.15, 0.2) is 66.7 Å². The third kappa shape index (κ3) is 7.15. The molecule has 180 valence electrons. The summed E-state index contributed by atoms with van der Waals surface area (Å²) in [7, 11) is -4.01. The molecule has 0 aliphatic rings. The van der Waals surface area contributed by atoms with Crippen LogP contribution in [0.1, 0.15) is 41.6 Å². The molecule has 3 N–H and O–H groups in total. The molecule has 0 bridgehead atoms. The van der Waals surface area contributed by atoms with Crippen LogP contribution in [0.2, 0.25) is 0 Å². The molecule has 3 aromatic rings. The first kappa shape index (κ1) is 25.4. The second kappa shape index (κ2) is 11.3. The van der Waals surface area contributed by atoms with Crippen molar-refractivity contribution in [2.45, 2.75) is 39.8 Å². The lowest BCUT2D eigenvalue weighted by Gasteiger charge is -2.17. The number of hydrogen-bond donors (Lipinski definition) is 2. The fraction of sp³-hybridized carbons (Fsp3) is 0.269. The van der Waals surface area contributed by atoms with Crippen molar-refractivity contribution in [2.75, 3.05) is 6.61 Å². The van der Waals surface area contributed by atoms with Gasteiger partial charge in [-0.15, -0.1) is 0 Å². The summed E-state index contributed by atoms with van der Waals surface area (Å²) < 4.78 is 36.2. The topological polar surface area (TPSA) is 108 Å². The number of aryl methyl sites for hydroxylation is 2. The summed E-state index contributed by atoms with van der Waals surface area (Å²) in [6.45, 7) is 6.47. The molecule has 3 aromatic carbocycles. The van der Waals surface area contributed by atoms with E-state index in [9.17, 15) is 13.2 Å². The van der Waals surface area contributed by atoms with Crippen molar-refractivity contribution < 1.29 is 22.7 Å². The van der Waals surface area contributed by atoms with Crippen molar-refractivity contribution in [3.05, 3.63) is 89.0 Å². The molecule has 7 nitrogen and oxygen atoms in total. The number of rotatable bonds is 10. The van der Waals surface area contributed by atoms with Gasteiger partial charge in [0, 0.05) is 0 Å². The van der Waals surface area contributed by atoms with Crippen LogP contribution in [0, 0.1) is 13.8 Å². The molecular formula is C26H30N2O5S. The quantitative estimate of drug-likeness (QED) is 0.418. The van der Waals surface area contributed by atoms with Gasteiger partial charge in [-0.05, 0) is 72.4 Å². The van der Waals surface area contributed by atoms with Gasteiger partial charge in [-0.1, -0.05) is 48.5 Å². The zero-order valence-electron chi connectivity index (χ0n) is 19.6. The Morgan fingerprint density at radius 2 is 1.65 bits per heavy atom. The largest absolute Gasteiger partial charge is 0.489 e. The van der Waals surface area contributed by atoms with E-state index in [4.69, 9.17) is 14.6 Å². The Labute approximate surface area is 201 Å². The summed E-state index contributed by atoms with van der Waals surface area (Å²) in [6, 6.07) is 20.5. The van der Waals surface area contributed by atoms with Crippen LogP contribution in [0.3, 0.4) is 0 Å². The van der Waals surface area contributed by atoms with Gasteiger partial charge < -0.3 is 9.47 Å². The minimum Gasteiger partial charge on any atom is -0.489 e. The van der Waals surface area contributed by atoms with E-state index in [1.54, 1.807) is 31.2 Å². The maximum absolute atomic E-state index is 11.9. The van der Waals surface area contributed by atoms with Crippen molar-refractivity contribution in [1.29, 1.82) is 0 Å². The van der Waals surface area contributed by atoms with E-state index >= 15 is 0 Å². The molecule has 0 saturated heterocycles. The van der Waals surface area contributed by atoms with Gasteiger partial charge in [0.1, 0.15) is 12.4 Å². The number of ether oxygens (including phenoxy) is 2. The van der Waals surface area contributed by atoms with Gasteiger partial charge in [0.25, 0.3) is 10.2 Å². The number of nitrogens with two attached hydrogens (primary N) is 1. The van der Waals surface area contributed by atoms with Crippen LogP contribution in [0.25, 0.3) is 11.1 Å². The number of nitrogens with one attached hydrogen (secondary N) is 1. The van der Waals surface area contributed by atoms with Gasteiger partial charge >= 0.3 is 5.97 Å². The molecule has 0 radical (unpaired) electrons. The van der Waals surface area contributed by atoms with Crippen molar-refractivity contribution >= 4 is 16.2 Å². The molecule has 0 aliphatic heterocycles.